The van der Waals surface area contributed by atoms with Crippen LogP contribution in [0.2, 0.25) is 0 Å². The summed E-state index contributed by atoms with van der Waals surface area (Å²) in [7, 11) is 0. The van der Waals surface area contributed by atoms with Crippen LogP contribution in [0.15, 0.2) is 24.3 Å². The number of morpholine rings is 1. The molecule has 0 unspecified atom stereocenters. The van der Waals surface area contributed by atoms with E-state index in [0.29, 0.717) is 0 Å². The smallest absolute Gasteiger partial charge is 0.124 e. The number of nitrogens with zero attached hydrogens (tertiary/aromatic N) is 3. The zero-order valence-electron chi connectivity index (χ0n) is 11.5. The second-order valence-corrected chi connectivity index (χ2v) is 5.06. The summed E-state index contributed by atoms with van der Waals surface area (Å²) in [4.78, 5) is 7.23. The number of para-hydroxylation sites is 2. The average molecular weight is 259 g/mol. The van der Waals surface area contributed by atoms with Gasteiger partial charge >= 0.3 is 0 Å². The van der Waals surface area contributed by atoms with Gasteiger partial charge in [-0.3, -0.25) is 4.90 Å². The maximum Gasteiger partial charge on any atom is 0.124 e. The first kappa shape index (κ1) is 12.6. The van der Waals surface area contributed by atoms with Gasteiger partial charge in [0.05, 0.1) is 30.8 Å². The molecular weight excluding hydrogens is 238 g/mol. The largest absolute Gasteiger partial charge is 0.379 e. The minimum absolute atomic E-state index is 0.841. The number of hydrogen-bond donors (Lipinski definition) is 0. The molecule has 1 aliphatic rings. The van der Waals surface area contributed by atoms with E-state index in [1.807, 2.05) is 0 Å². The predicted molar refractivity (Wildman–Crippen MR) is 76.1 cm³/mol. The molecule has 0 atom stereocenters. The SMILES string of the molecule is CCCn1c(CN2CCOCC2)nc2ccccc21. The van der Waals surface area contributed by atoms with Gasteiger partial charge in [0.25, 0.3) is 0 Å². The third-order valence-corrected chi connectivity index (χ3v) is 3.65. The molecule has 19 heavy (non-hydrogen) atoms. The van der Waals surface area contributed by atoms with Crippen molar-refractivity contribution in [3.63, 3.8) is 0 Å². The molecule has 4 heteroatoms. The van der Waals surface area contributed by atoms with E-state index in [1.165, 1.54) is 11.3 Å². The Morgan fingerprint density at radius 1 is 1.21 bits per heavy atom. The zero-order chi connectivity index (χ0) is 13.1. The molecule has 0 amide bonds. The van der Waals surface area contributed by atoms with Crippen molar-refractivity contribution in [1.29, 1.82) is 0 Å². The quantitative estimate of drug-likeness (QED) is 0.844. The summed E-state index contributed by atoms with van der Waals surface area (Å²) in [6.45, 7) is 7.89. The normalized spacial score (nSPS) is 17.1. The number of imidazole rings is 1. The van der Waals surface area contributed by atoms with Gasteiger partial charge in [-0.1, -0.05) is 19.1 Å². The second kappa shape index (κ2) is 5.72. The Morgan fingerprint density at radius 2 is 2.00 bits per heavy atom. The number of rotatable bonds is 4. The Labute approximate surface area is 114 Å². The molecule has 0 radical (unpaired) electrons. The van der Waals surface area contributed by atoms with Gasteiger partial charge in [-0.2, -0.15) is 0 Å². The molecule has 1 aromatic carbocycles. The molecule has 1 aliphatic heterocycles. The topological polar surface area (TPSA) is 30.3 Å². The van der Waals surface area contributed by atoms with E-state index >= 15 is 0 Å². The first-order chi connectivity index (χ1) is 9.38. The zero-order valence-corrected chi connectivity index (χ0v) is 11.5. The highest BCUT2D eigenvalue weighted by Gasteiger charge is 2.15. The summed E-state index contributed by atoms with van der Waals surface area (Å²) in [5, 5.41) is 0. The monoisotopic (exact) mass is 259 g/mol. The van der Waals surface area contributed by atoms with Crippen molar-refractivity contribution in [2.24, 2.45) is 0 Å². The van der Waals surface area contributed by atoms with Gasteiger partial charge in [-0.25, -0.2) is 4.98 Å². The first-order valence-electron chi connectivity index (χ1n) is 7.12. The van der Waals surface area contributed by atoms with E-state index in [-0.39, 0.29) is 0 Å². The van der Waals surface area contributed by atoms with Gasteiger partial charge < -0.3 is 9.30 Å². The van der Waals surface area contributed by atoms with Crippen molar-refractivity contribution in [3.05, 3.63) is 30.1 Å². The molecule has 3 rings (SSSR count). The fourth-order valence-corrected chi connectivity index (χ4v) is 2.68. The van der Waals surface area contributed by atoms with Crippen LogP contribution in [0, 0.1) is 0 Å². The van der Waals surface area contributed by atoms with Crippen LogP contribution in [0.1, 0.15) is 19.2 Å². The number of fused-ring (bicyclic) bond motifs is 1. The standard InChI is InChI=1S/C15H21N3O/c1-2-7-18-14-6-4-3-5-13(14)16-15(18)12-17-8-10-19-11-9-17/h3-6H,2,7-12H2,1H3. The highest BCUT2D eigenvalue weighted by molar-refractivity contribution is 5.75. The lowest BCUT2D eigenvalue weighted by molar-refractivity contribution is 0.0326. The maximum atomic E-state index is 5.41. The van der Waals surface area contributed by atoms with E-state index in [2.05, 4.69) is 40.7 Å². The van der Waals surface area contributed by atoms with Crippen LogP contribution in [-0.4, -0.2) is 40.8 Å². The number of benzene rings is 1. The minimum atomic E-state index is 0.841. The number of aryl methyl sites for hydroxylation is 1. The Morgan fingerprint density at radius 3 is 2.79 bits per heavy atom. The lowest BCUT2D eigenvalue weighted by Gasteiger charge is -2.26. The summed E-state index contributed by atoms with van der Waals surface area (Å²) in [6, 6.07) is 8.42. The molecule has 1 fully saturated rings. The fourth-order valence-electron chi connectivity index (χ4n) is 2.68. The Hall–Kier alpha value is -1.39. The van der Waals surface area contributed by atoms with Gasteiger partial charge in [-0.05, 0) is 18.6 Å². The van der Waals surface area contributed by atoms with Crippen LogP contribution < -0.4 is 0 Å². The summed E-state index contributed by atoms with van der Waals surface area (Å²) >= 11 is 0. The van der Waals surface area contributed by atoms with Gasteiger partial charge in [0, 0.05) is 19.6 Å². The van der Waals surface area contributed by atoms with Crippen molar-refractivity contribution in [3.8, 4) is 0 Å². The predicted octanol–water partition coefficient (Wildman–Crippen LogP) is 2.28. The van der Waals surface area contributed by atoms with Crippen molar-refractivity contribution in [2.75, 3.05) is 26.3 Å². The van der Waals surface area contributed by atoms with Crippen LogP contribution in [0.5, 0.6) is 0 Å². The van der Waals surface area contributed by atoms with E-state index < -0.39 is 0 Å². The molecule has 2 aromatic rings. The van der Waals surface area contributed by atoms with Gasteiger partial charge in [0.15, 0.2) is 0 Å². The van der Waals surface area contributed by atoms with Gasteiger partial charge in [0.1, 0.15) is 5.82 Å². The highest BCUT2D eigenvalue weighted by atomic mass is 16.5. The second-order valence-electron chi connectivity index (χ2n) is 5.06. The molecule has 2 heterocycles. The number of hydrogen-bond acceptors (Lipinski definition) is 3. The fraction of sp³-hybridized carbons (Fsp3) is 0.533. The van der Waals surface area contributed by atoms with E-state index in [1.54, 1.807) is 0 Å². The van der Waals surface area contributed by atoms with Crippen molar-refractivity contribution >= 4 is 11.0 Å². The van der Waals surface area contributed by atoms with Crippen LogP contribution >= 0.6 is 0 Å². The van der Waals surface area contributed by atoms with Crippen LogP contribution in [-0.2, 0) is 17.8 Å². The lowest BCUT2D eigenvalue weighted by Crippen LogP contribution is -2.36. The molecule has 102 valence electrons. The average Bonchev–Trinajstić information content (AvgIpc) is 2.79. The summed E-state index contributed by atoms with van der Waals surface area (Å²) in [6.07, 6.45) is 1.14. The number of aromatic nitrogens is 2. The Bertz CT molecular complexity index is 543. The maximum absolute atomic E-state index is 5.41. The molecule has 1 aromatic heterocycles. The summed E-state index contributed by atoms with van der Waals surface area (Å²) < 4.78 is 7.77. The number of ether oxygens (including phenoxy) is 1. The Balaban J connectivity index is 1.90. The minimum Gasteiger partial charge on any atom is -0.379 e. The molecule has 4 nitrogen and oxygen atoms in total. The third kappa shape index (κ3) is 2.65. The molecular formula is C15H21N3O. The molecule has 0 saturated carbocycles. The van der Waals surface area contributed by atoms with Crippen molar-refractivity contribution < 1.29 is 4.74 Å². The molecule has 0 bridgehead atoms. The molecule has 1 saturated heterocycles. The first-order valence-corrected chi connectivity index (χ1v) is 7.12. The summed E-state index contributed by atoms with van der Waals surface area (Å²) in [5.74, 6) is 1.19. The van der Waals surface area contributed by atoms with Gasteiger partial charge in [0.2, 0.25) is 0 Å². The van der Waals surface area contributed by atoms with Gasteiger partial charge in [-0.15, -0.1) is 0 Å². The van der Waals surface area contributed by atoms with Crippen molar-refractivity contribution in [1.82, 2.24) is 14.5 Å². The Kier molecular flexibility index (Phi) is 3.80. The lowest BCUT2D eigenvalue weighted by atomic mass is 10.3. The third-order valence-electron chi connectivity index (χ3n) is 3.65. The van der Waals surface area contributed by atoms with Crippen LogP contribution in [0.25, 0.3) is 11.0 Å². The van der Waals surface area contributed by atoms with Crippen LogP contribution in [0.3, 0.4) is 0 Å². The van der Waals surface area contributed by atoms with E-state index in [9.17, 15) is 0 Å². The highest BCUT2D eigenvalue weighted by Crippen LogP contribution is 2.18. The van der Waals surface area contributed by atoms with Crippen LogP contribution in [0.4, 0.5) is 0 Å². The van der Waals surface area contributed by atoms with E-state index in [0.717, 1.165) is 51.3 Å². The molecule has 0 aliphatic carbocycles. The molecule has 0 N–H and O–H groups in total. The molecule has 0 spiro atoms. The van der Waals surface area contributed by atoms with Crippen molar-refractivity contribution in [2.45, 2.75) is 26.4 Å². The summed E-state index contributed by atoms with van der Waals surface area (Å²) in [5.41, 5.74) is 2.37. The van der Waals surface area contributed by atoms with E-state index in [4.69, 9.17) is 9.72 Å².